The standard InChI is InChI=1S/C12H17ClN2O2/c1-4-15(12(16)7-14)10-5-8(2)9(13)6-11(10)17-3/h5-6H,4,7,14H2,1-3H3. The third kappa shape index (κ3) is 2.90. The summed E-state index contributed by atoms with van der Waals surface area (Å²) in [6.07, 6.45) is 0. The Bertz CT molecular complexity index is 421. The number of hydrogen-bond donors (Lipinski definition) is 1. The fraction of sp³-hybridized carbons (Fsp3) is 0.417. The highest BCUT2D eigenvalue weighted by atomic mass is 35.5. The van der Waals surface area contributed by atoms with E-state index in [0.29, 0.717) is 23.0 Å². The van der Waals surface area contributed by atoms with Crippen LogP contribution in [0.4, 0.5) is 5.69 Å². The van der Waals surface area contributed by atoms with Crippen LogP contribution in [0.5, 0.6) is 5.75 Å². The van der Waals surface area contributed by atoms with Crippen molar-refractivity contribution in [3.8, 4) is 5.75 Å². The number of methoxy groups -OCH3 is 1. The molecule has 0 bridgehead atoms. The number of nitrogens with zero attached hydrogens (tertiary/aromatic N) is 1. The van der Waals surface area contributed by atoms with Gasteiger partial charge in [0.05, 0.1) is 19.3 Å². The first-order valence-corrected chi connectivity index (χ1v) is 5.77. The molecular formula is C12H17ClN2O2. The molecule has 17 heavy (non-hydrogen) atoms. The number of halogens is 1. The van der Waals surface area contributed by atoms with Gasteiger partial charge in [0.2, 0.25) is 5.91 Å². The van der Waals surface area contributed by atoms with E-state index in [-0.39, 0.29) is 12.5 Å². The summed E-state index contributed by atoms with van der Waals surface area (Å²) < 4.78 is 5.24. The zero-order valence-corrected chi connectivity index (χ0v) is 11.0. The molecule has 1 aromatic carbocycles. The maximum Gasteiger partial charge on any atom is 0.240 e. The molecule has 0 heterocycles. The van der Waals surface area contributed by atoms with Crippen LogP contribution in [0.1, 0.15) is 12.5 Å². The van der Waals surface area contributed by atoms with E-state index in [0.717, 1.165) is 5.56 Å². The van der Waals surface area contributed by atoms with Crippen LogP contribution >= 0.6 is 11.6 Å². The summed E-state index contributed by atoms with van der Waals surface area (Å²) in [6.45, 7) is 4.27. The SMILES string of the molecule is CCN(C(=O)CN)c1cc(C)c(Cl)cc1OC. The minimum Gasteiger partial charge on any atom is -0.495 e. The molecule has 4 nitrogen and oxygen atoms in total. The number of carbonyl (C=O) groups excluding carboxylic acids is 1. The monoisotopic (exact) mass is 256 g/mol. The normalized spacial score (nSPS) is 10.2. The highest BCUT2D eigenvalue weighted by Crippen LogP contribution is 2.33. The van der Waals surface area contributed by atoms with Crippen molar-refractivity contribution < 1.29 is 9.53 Å². The van der Waals surface area contributed by atoms with E-state index in [1.165, 1.54) is 0 Å². The number of rotatable bonds is 4. The first-order chi connectivity index (χ1) is 8.04. The van der Waals surface area contributed by atoms with Gasteiger partial charge in [-0.2, -0.15) is 0 Å². The van der Waals surface area contributed by atoms with Crippen molar-refractivity contribution in [1.82, 2.24) is 0 Å². The summed E-state index contributed by atoms with van der Waals surface area (Å²) in [4.78, 5) is 13.3. The second-order valence-corrected chi connectivity index (χ2v) is 4.02. The molecule has 1 aromatic rings. The average Bonchev–Trinajstić information content (AvgIpc) is 2.33. The molecule has 5 heteroatoms. The largest absolute Gasteiger partial charge is 0.495 e. The van der Waals surface area contributed by atoms with Crippen molar-refractivity contribution in [3.05, 3.63) is 22.7 Å². The summed E-state index contributed by atoms with van der Waals surface area (Å²) in [5, 5.41) is 0.613. The third-order valence-corrected chi connectivity index (χ3v) is 2.95. The fourth-order valence-corrected chi connectivity index (χ4v) is 1.77. The topological polar surface area (TPSA) is 55.6 Å². The van der Waals surface area contributed by atoms with Gasteiger partial charge in [-0.25, -0.2) is 0 Å². The molecule has 0 aliphatic rings. The lowest BCUT2D eigenvalue weighted by atomic mass is 10.2. The van der Waals surface area contributed by atoms with Crippen LogP contribution in [-0.2, 0) is 4.79 Å². The van der Waals surface area contributed by atoms with Gasteiger partial charge in [-0.15, -0.1) is 0 Å². The maximum absolute atomic E-state index is 11.7. The number of benzene rings is 1. The van der Waals surface area contributed by atoms with Gasteiger partial charge in [-0.05, 0) is 25.5 Å². The molecule has 1 amide bonds. The second-order valence-electron chi connectivity index (χ2n) is 3.62. The molecule has 0 aliphatic carbocycles. The Morgan fingerprint density at radius 3 is 2.65 bits per heavy atom. The van der Waals surface area contributed by atoms with Crippen LogP contribution in [0.3, 0.4) is 0 Å². The molecule has 0 aliphatic heterocycles. The van der Waals surface area contributed by atoms with Gasteiger partial charge in [0.1, 0.15) is 5.75 Å². The van der Waals surface area contributed by atoms with E-state index in [9.17, 15) is 4.79 Å². The molecule has 0 spiro atoms. The lowest BCUT2D eigenvalue weighted by molar-refractivity contribution is -0.117. The Kier molecular flexibility index (Phi) is 4.78. The highest BCUT2D eigenvalue weighted by Gasteiger charge is 2.17. The molecule has 94 valence electrons. The van der Waals surface area contributed by atoms with Crippen LogP contribution in [-0.4, -0.2) is 26.1 Å². The molecule has 0 radical (unpaired) electrons. The van der Waals surface area contributed by atoms with Crippen LogP contribution < -0.4 is 15.4 Å². The Morgan fingerprint density at radius 2 is 2.18 bits per heavy atom. The summed E-state index contributed by atoms with van der Waals surface area (Å²) in [7, 11) is 1.55. The van der Waals surface area contributed by atoms with Gasteiger partial charge >= 0.3 is 0 Å². The smallest absolute Gasteiger partial charge is 0.240 e. The van der Waals surface area contributed by atoms with E-state index < -0.39 is 0 Å². The molecule has 0 fully saturated rings. The molecule has 0 saturated carbocycles. The lowest BCUT2D eigenvalue weighted by Gasteiger charge is -2.23. The van der Waals surface area contributed by atoms with E-state index in [1.54, 1.807) is 18.1 Å². The van der Waals surface area contributed by atoms with E-state index in [2.05, 4.69) is 0 Å². The molecule has 2 N–H and O–H groups in total. The molecule has 0 aromatic heterocycles. The van der Waals surface area contributed by atoms with Gasteiger partial charge in [0, 0.05) is 17.6 Å². The van der Waals surface area contributed by atoms with Gasteiger partial charge in [0.25, 0.3) is 0 Å². The van der Waals surface area contributed by atoms with Crippen LogP contribution in [0.25, 0.3) is 0 Å². The summed E-state index contributed by atoms with van der Waals surface area (Å²) in [5.41, 5.74) is 6.98. The number of anilines is 1. The number of likely N-dealkylation sites (N-methyl/N-ethyl adjacent to an activating group) is 1. The van der Waals surface area contributed by atoms with Gasteiger partial charge in [0.15, 0.2) is 0 Å². The highest BCUT2D eigenvalue weighted by molar-refractivity contribution is 6.31. The first kappa shape index (κ1) is 13.8. The van der Waals surface area contributed by atoms with E-state index >= 15 is 0 Å². The van der Waals surface area contributed by atoms with Crippen LogP contribution in [0.15, 0.2) is 12.1 Å². The summed E-state index contributed by atoms with van der Waals surface area (Å²) >= 11 is 6.02. The minimum atomic E-state index is -0.146. The average molecular weight is 257 g/mol. The zero-order valence-electron chi connectivity index (χ0n) is 10.3. The van der Waals surface area contributed by atoms with Crippen molar-refractivity contribution in [2.75, 3.05) is 25.1 Å². The molecule has 0 atom stereocenters. The van der Waals surface area contributed by atoms with Crippen molar-refractivity contribution in [2.24, 2.45) is 5.73 Å². The Hall–Kier alpha value is -1.26. The first-order valence-electron chi connectivity index (χ1n) is 5.39. The van der Waals surface area contributed by atoms with Crippen LogP contribution in [0.2, 0.25) is 5.02 Å². The van der Waals surface area contributed by atoms with Crippen molar-refractivity contribution in [2.45, 2.75) is 13.8 Å². The van der Waals surface area contributed by atoms with Crippen molar-refractivity contribution >= 4 is 23.2 Å². The number of nitrogens with two attached hydrogens (primary N) is 1. The van der Waals surface area contributed by atoms with E-state index in [1.807, 2.05) is 19.9 Å². The molecule has 0 saturated heterocycles. The molecular weight excluding hydrogens is 240 g/mol. The number of carbonyl (C=O) groups is 1. The summed E-state index contributed by atoms with van der Waals surface area (Å²) in [5.74, 6) is 0.428. The number of ether oxygens (including phenoxy) is 1. The Balaban J connectivity index is 3.27. The lowest BCUT2D eigenvalue weighted by Crippen LogP contribution is -2.36. The van der Waals surface area contributed by atoms with Crippen LogP contribution in [0, 0.1) is 6.92 Å². The molecule has 1 rings (SSSR count). The zero-order chi connectivity index (χ0) is 13.0. The van der Waals surface area contributed by atoms with Crippen molar-refractivity contribution in [3.63, 3.8) is 0 Å². The number of aryl methyl sites for hydroxylation is 1. The van der Waals surface area contributed by atoms with Gasteiger partial charge in [-0.1, -0.05) is 11.6 Å². The predicted octanol–water partition coefficient (Wildman–Crippen LogP) is 1.97. The van der Waals surface area contributed by atoms with Crippen molar-refractivity contribution in [1.29, 1.82) is 0 Å². The quantitative estimate of drug-likeness (QED) is 0.896. The fourth-order valence-electron chi connectivity index (χ4n) is 1.61. The summed E-state index contributed by atoms with van der Waals surface area (Å²) in [6, 6.07) is 3.54. The third-order valence-electron chi connectivity index (χ3n) is 2.54. The maximum atomic E-state index is 11.7. The Labute approximate surface area is 106 Å². The second kappa shape index (κ2) is 5.89. The Morgan fingerprint density at radius 1 is 1.53 bits per heavy atom. The predicted molar refractivity (Wildman–Crippen MR) is 69.8 cm³/mol. The number of hydrogen-bond acceptors (Lipinski definition) is 3. The van der Waals surface area contributed by atoms with Gasteiger partial charge in [-0.3, -0.25) is 4.79 Å². The number of amides is 1. The van der Waals surface area contributed by atoms with E-state index in [4.69, 9.17) is 22.1 Å². The minimum absolute atomic E-state index is 0.0291. The van der Waals surface area contributed by atoms with Gasteiger partial charge < -0.3 is 15.4 Å². The molecule has 0 unspecified atom stereocenters.